The largest absolute Gasteiger partial charge is 0.496 e. The van der Waals surface area contributed by atoms with Crippen molar-refractivity contribution in [2.24, 2.45) is 17.3 Å². The minimum atomic E-state index is -0.866. The summed E-state index contributed by atoms with van der Waals surface area (Å²) in [6, 6.07) is 12.2. The molecule has 5 heteroatoms. The van der Waals surface area contributed by atoms with Crippen LogP contribution in [0.1, 0.15) is 58.8 Å². The average molecular weight is 431 g/mol. The number of benzene rings is 2. The molecule has 1 aromatic heterocycles. The maximum Gasteiger partial charge on any atom is 0.335 e. The number of hydrogen-bond donors (Lipinski definition) is 2. The van der Waals surface area contributed by atoms with Gasteiger partial charge in [0.2, 0.25) is 0 Å². The summed E-state index contributed by atoms with van der Waals surface area (Å²) in [5, 5.41) is 10.6. The molecule has 2 N–H and O–H groups in total. The van der Waals surface area contributed by atoms with E-state index >= 15 is 0 Å². The zero-order chi connectivity index (χ0) is 22.0. The highest BCUT2D eigenvalue weighted by Gasteiger charge is 2.58. The van der Waals surface area contributed by atoms with Crippen LogP contribution < -0.4 is 4.74 Å². The summed E-state index contributed by atoms with van der Waals surface area (Å²) in [6.07, 6.45) is 7.45. The van der Waals surface area contributed by atoms with E-state index in [4.69, 9.17) is 4.74 Å². The lowest BCUT2D eigenvalue weighted by atomic mass is 9.88. The molecule has 2 aromatic carbocycles. The molecule has 5 nitrogen and oxygen atoms in total. The summed E-state index contributed by atoms with van der Waals surface area (Å²) in [6.45, 7) is 4.05. The molecule has 2 saturated carbocycles. The van der Waals surface area contributed by atoms with Gasteiger partial charge in [-0.05, 0) is 85.3 Å². The smallest absolute Gasteiger partial charge is 0.335 e. The predicted molar refractivity (Wildman–Crippen MR) is 124 cm³/mol. The van der Waals surface area contributed by atoms with E-state index in [0.717, 1.165) is 24.8 Å². The Balaban J connectivity index is 1.39. The van der Waals surface area contributed by atoms with Crippen LogP contribution in [0.4, 0.5) is 0 Å². The topological polar surface area (TPSA) is 65.6 Å². The van der Waals surface area contributed by atoms with Gasteiger partial charge in [0, 0.05) is 41.8 Å². The number of H-pyrrole nitrogens is 1. The lowest BCUT2D eigenvalue weighted by molar-refractivity contribution is 0.0697. The molecule has 3 aromatic rings. The third-order valence-corrected chi connectivity index (χ3v) is 8.39. The van der Waals surface area contributed by atoms with Crippen molar-refractivity contribution in [2.75, 3.05) is 13.7 Å². The first kappa shape index (κ1) is 19.9. The fourth-order valence-electron chi connectivity index (χ4n) is 6.73. The molecule has 1 spiro atoms. The normalized spacial score (nSPS) is 26.0. The lowest BCUT2D eigenvalue weighted by Gasteiger charge is -2.30. The lowest BCUT2D eigenvalue weighted by Crippen LogP contribution is -2.27. The highest BCUT2D eigenvalue weighted by Crippen LogP contribution is 2.66. The number of aromatic amines is 1. The van der Waals surface area contributed by atoms with Crippen molar-refractivity contribution in [1.29, 1.82) is 0 Å². The molecule has 32 heavy (non-hydrogen) atoms. The van der Waals surface area contributed by atoms with Crippen molar-refractivity contribution < 1.29 is 14.6 Å². The fourth-order valence-corrected chi connectivity index (χ4v) is 6.73. The van der Waals surface area contributed by atoms with E-state index in [1.807, 2.05) is 18.3 Å². The number of nitrogens with one attached hydrogen (secondary N) is 1. The van der Waals surface area contributed by atoms with E-state index in [9.17, 15) is 9.90 Å². The number of carbonyl (C=O) groups is 1. The minimum Gasteiger partial charge on any atom is -0.496 e. The molecule has 3 fully saturated rings. The first-order valence-corrected chi connectivity index (χ1v) is 11.7. The van der Waals surface area contributed by atoms with Gasteiger partial charge in [-0.25, -0.2) is 4.79 Å². The first-order valence-electron chi connectivity index (χ1n) is 11.7. The summed E-state index contributed by atoms with van der Waals surface area (Å²) >= 11 is 0. The van der Waals surface area contributed by atoms with Gasteiger partial charge in [0.05, 0.1) is 12.7 Å². The Kier molecular flexibility index (Phi) is 4.41. The number of methoxy groups -OCH3 is 1. The van der Waals surface area contributed by atoms with Crippen LogP contribution in [0.5, 0.6) is 5.75 Å². The van der Waals surface area contributed by atoms with Gasteiger partial charge in [-0.3, -0.25) is 4.90 Å². The summed E-state index contributed by atoms with van der Waals surface area (Å²) < 4.78 is 5.83. The van der Waals surface area contributed by atoms with Gasteiger partial charge in [0.15, 0.2) is 0 Å². The second kappa shape index (κ2) is 7.11. The Labute approximate surface area is 188 Å². The number of aromatic nitrogens is 1. The molecule has 1 aliphatic heterocycles. The molecular weight excluding hydrogens is 400 g/mol. The monoisotopic (exact) mass is 430 g/mol. The van der Waals surface area contributed by atoms with Gasteiger partial charge < -0.3 is 14.8 Å². The van der Waals surface area contributed by atoms with Gasteiger partial charge in [0.1, 0.15) is 5.75 Å². The Bertz CT molecular complexity index is 1190. The van der Waals surface area contributed by atoms with Gasteiger partial charge in [-0.15, -0.1) is 0 Å². The molecule has 3 aliphatic rings. The maximum absolute atomic E-state index is 11.4. The van der Waals surface area contributed by atoms with Crippen molar-refractivity contribution >= 4 is 16.9 Å². The Morgan fingerprint density at radius 1 is 1.22 bits per heavy atom. The molecule has 0 radical (unpaired) electrons. The summed E-state index contributed by atoms with van der Waals surface area (Å²) in [4.78, 5) is 17.4. The predicted octanol–water partition coefficient (Wildman–Crippen LogP) is 5.55. The van der Waals surface area contributed by atoms with Crippen molar-refractivity contribution in [3.05, 3.63) is 64.8 Å². The molecular formula is C27H30N2O3. The van der Waals surface area contributed by atoms with Crippen LogP contribution in [-0.2, 0) is 6.54 Å². The number of carboxylic acid groups (broad SMARTS) is 1. The summed E-state index contributed by atoms with van der Waals surface area (Å²) in [7, 11) is 1.76. The molecule has 2 aliphatic carbocycles. The number of ether oxygens (including phenoxy) is 1. The average Bonchev–Trinajstić information content (AvgIpc) is 3.10. The van der Waals surface area contributed by atoms with E-state index in [2.05, 4.69) is 28.9 Å². The van der Waals surface area contributed by atoms with Crippen molar-refractivity contribution in [3.8, 4) is 5.75 Å². The number of aryl methyl sites for hydroxylation is 1. The third kappa shape index (κ3) is 3.06. The minimum absolute atomic E-state index is 0.322. The number of aromatic carboxylic acids is 1. The van der Waals surface area contributed by atoms with E-state index in [0.29, 0.717) is 22.9 Å². The fraction of sp³-hybridized carbons (Fsp3) is 0.444. The molecule has 0 bridgehead atoms. The van der Waals surface area contributed by atoms with Gasteiger partial charge in [0.25, 0.3) is 0 Å². The molecule has 166 valence electrons. The third-order valence-electron chi connectivity index (χ3n) is 8.39. The number of fused-ring (bicyclic) bond motifs is 2. The number of rotatable bonds is 5. The highest BCUT2D eigenvalue weighted by molar-refractivity contribution is 5.88. The first-order chi connectivity index (χ1) is 15.5. The number of hydrogen-bond acceptors (Lipinski definition) is 3. The molecule has 0 amide bonds. The number of likely N-dealkylation sites (tertiary alicyclic amines) is 1. The molecule has 1 saturated heterocycles. The second-order valence-corrected chi connectivity index (χ2v) is 10.3. The Morgan fingerprint density at radius 2 is 2.00 bits per heavy atom. The zero-order valence-corrected chi connectivity index (χ0v) is 18.7. The zero-order valence-electron chi connectivity index (χ0n) is 18.7. The molecule has 3 unspecified atom stereocenters. The van der Waals surface area contributed by atoms with Crippen LogP contribution in [0.25, 0.3) is 10.9 Å². The quantitative estimate of drug-likeness (QED) is 0.557. The van der Waals surface area contributed by atoms with E-state index in [-0.39, 0.29) is 0 Å². The molecule has 3 atom stereocenters. The Hall–Kier alpha value is -2.79. The van der Waals surface area contributed by atoms with Crippen LogP contribution in [0.15, 0.2) is 42.6 Å². The summed E-state index contributed by atoms with van der Waals surface area (Å²) in [5.41, 5.74) is 5.82. The summed E-state index contributed by atoms with van der Waals surface area (Å²) in [5.74, 6) is 1.45. The highest BCUT2D eigenvalue weighted by atomic mass is 16.5. The van der Waals surface area contributed by atoms with Crippen LogP contribution in [0.2, 0.25) is 0 Å². The van der Waals surface area contributed by atoms with Crippen molar-refractivity contribution in [1.82, 2.24) is 9.88 Å². The number of carboxylic acids is 1. The Morgan fingerprint density at radius 3 is 2.69 bits per heavy atom. The van der Waals surface area contributed by atoms with Gasteiger partial charge in [-0.2, -0.15) is 0 Å². The maximum atomic E-state index is 11.4. The van der Waals surface area contributed by atoms with E-state index in [1.54, 1.807) is 19.2 Å². The van der Waals surface area contributed by atoms with Gasteiger partial charge in [-0.1, -0.05) is 12.1 Å². The van der Waals surface area contributed by atoms with E-state index in [1.165, 1.54) is 53.3 Å². The molecule has 2 heterocycles. The van der Waals surface area contributed by atoms with Crippen molar-refractivity contribution in [3.63, 3.8) is 0 Å². The number of nitrogens with zero attached hydrogens (tertiary/aromatic N) is 1. The standard InChI is InChI=1S/C27H30N2O3/c1-16-11-23(32-2)22(20-7-10-28-24(16)20)15-29-14-19-12-27(8-9-27)13-21(19)25(29)17-3-5-18(6-4-17)26(30)31/h3-7,10-11,19,21,25,28H,8-9,12-15H2,1-2H3,(H,30,31). The van der Waals surface area contributed by atoms with Crippen LogP contribution in [-0.4, -0.2) is 34.6 Å². The van der Waals surface area contributed by atoms with Crippen LogP contribution in [0, 0.1) is 24.2 Å². The molecule has 6 rings (SSSR count). The van der Waals surface area contributed by atoms with Crippen LogP contribution >= 0.6 is 0 Å². The van der Waals surface area contributed by atoms with Crippen molar-refractivity contribution in [2.45, 2.75) is 45.2 Å². The van der Waals surface area contributed by atoms with Gasteiger partial charge >= 0.3 is 5.97 Å². The van der Waals surface area contributed by atoms with E-state index < -0.39 is 5.97 Å². The SMILES string of the molecule is COc1cc(C)c2[nH]ccc2c1CN1CC2CC3(CC3)CC2C1c1ccc(C(=O)O)cc1. The van der Waals surface area contributed by atoms with Crippen LogP contribution in [0.3, 0.4) is 0 Å². The second-order valence-electron chi connectivity index (χ2n) is 10.3.